The van der Waals surface area contributed by atoms with Crippen molar-refractivity contribution in [3.8, 4) is 5.75 Å². The van der Waals surface area contributed by atoms with Crippen molar-refractivity contribution in [2.75, 3.05) is 19.4 Å². The molecule has 0 bridgehead atoms. The molecule has 0 saturated carbocycles. The van der Waals surface area contributed by atoms with Crippen LogP contribution in [0.3, 0.4) is 0 Å². The quantitative estimate of drug-likeness (QED) is 0.791. The highest BCUT2D eigenvalue weighted by Gasteiger charge is 2.26. The van der Waals surface area contributed by atoms with E-state index in [1.807, 2.05) is 18.2 Å². The maximum Gasteiger partial charge on any atom is 0.214 e. The third kappa shape index (κ3) is 3.85. The molecule has 0 aromatic heterocycles. The summed E-state index contributed by atoms with van der Waals surface area (Å²) in [5.74, 6) is 0.481. The first-order valence-electron chi connectivity index (χ1n) is 8.33. The van der Waals surface area contributed by atoms with Gasteiger partial charge in [-0.2, -0.15) is 4.31 Å². The minimum absolute atomic E-state index is 0.0120. The number of ether oxygens (including phenoxy) is 1. The van der Waals surface area contributed by atoms with E-state index in [2.05, 4.69) is 0 Å². The van der Waals surface area contributed by atoms with Crippen molar-refractivity contribution < 1.29 is 17.5 Å². The average Bonchev–Trinajstić information content (AvgIpc) is 3.07. The lowest BCUT2D eigenvalue weighted by atomic mass is 10.1. The van der Waals surface area contributed by atoms with Crippen LogP contribution < -0.4 is 4.74 Å². The van der Waals surface area contributed by atoms with Crippen LogP contribution in [-0.2, 0) is 22.9 Å². The topological polar surface area (TPSA) is 46.6 Å². The lowest BCUT2D eigenvalue weighted by Gasteiger charge is -2.25. The van der Waals surface area contributed by atoms with Gasteiger partial charge in [-0.3, -0.25) is 0 Å². The molecular formula is C19H22FNO3S. The van der Waals surface area contributed by atoms with Gasteiger partial charge in [0.1, 0.15) is 11.6 Å². The minimum atomic E-state index is -3.50. The fraction of sp³-hybridized carbons (Fsp3) is 0.368. The Morgan fingerprint density at radius 2 is 2.00 bits per heavy atom. The maximum absolute atomic E-state index is 13.9. The zero-order valence-electron chi connectivity index (χ0n) is 14.4. The molecule has 0 amide bonds. The van der Waals surface area contributed by atoms with Gasteiger partial charge in [0.2, 0.25) is 10.0 Å². The van der Waals surface area contributed by atoms with Crippen LogP contribution in [0.15, 0.2) is 42.5 Å². The molecule has 6 heteroatoms. The van der Waals surface area contributed by atoms with Crippen LogP contribution in [0.5, 0.6) is 5.75 Å². The van der Waals surface area contributed by atoms with Crippen molar-refractivity contribution in [2.45, 2.75) is 25.8 Å². The standard InChI is InChI=1S/C19H22FNO3S/c1-14(17-5-3-4-6-18(17)20)21(2)25(22,23)12-10-15-7-8-19-16(13-15)9-11-24-19/h3-8,13-14H,9-12H2,1-2H3. The number of halogens is 1. The molecule has 2 aromatic carbocycles. The summed E-state index contributed by atoms with van der Waals surface area (Å²) in [5, 5.41) is 0. The van der Waals surface area contributed by atoms with Crippen molar-refractivity contribution in [2.24, 2.45) is 0 Å². The molecule has 3 rings (SSSR count). The molecule has 0 fully saturated rings. The fourth-order valence-electron chi connectivity index (χ4n) is 3.04. The van der Waals surface area contributed by atoms with Gasteiger partial charge in [-0.15, -0.1) is 0 Å². The van der Waals surface area contributed by atoms with E-state index in [1.54, 1.807) is 25.1 Å². The Morgan fingerprint density at radius 3 is 2.76 bits per heavy atom. The first-order chi connectivity index (χ1) is 11.9. The van der Waals surface area contributed by atoms with Gasteiger partial charge in [-0.25, -0.2) is 12.8 Å². The summed E-state index contributed by atoms with van der Waals surface area (Å²) in [4.78, 5) is 0. The second-order valence-electron chi connectivity index (χ2n) is 6.32. The molecule has 0 spiro atoms. The normalized spacial score (nSPS) is 15.0. The number of sulfonamides is 1. The minimum Gasteiger partial charge on any atom is -0.493 e. The van der Waals surface area contributed by atoms with E-state index in [-0.39, 0.29) is 5.75 Å². The van der Waals surface area contributed by atoms with Crippen LogP contribution in [0.2, 0.25) is 0 Å². The Morgan fingerprint density at radius 1 is 1.24 bits per heavy atom. The summed E-state index contributed by atoms with van der Waals surface area (Å²) in [6.45, 7) is 2.38. The average molecular weight is 363 g/mol. The molecule has 1 aliphatic rings. The van der Waals surface area contributed by atoms with Gasteiger partial charge in [-0.1, -0.05) is 30.3 Å². The number of fused-ring (bicyclic) bond motifs is 1. The molecule has 1 atom stereocenters. The summed E-state index contributed by atoms with van der Waals surface area (Å²) >= 11 is 0. The van der Waals surface area contributed by atoms with Crippen LogP contribution in [0, 0.1) is 5.82 Å². The summed E-state index contributed by atoms with van der Waals surface area (Å²) in [5.41, 5.74) is 2.48. The lowest BCUT2D eigenvalue weighted by Crippen LogP contribution is -2.32. The Labute approximate surface area is 148 Å². The summed E-state index contributed by atoms with van der Waals surface area (Å²) in [6, 6.07) is 11.5. The van der Waals surface area contributed by atoms with Gasteiger partial charge in [-0.05, 0) is 36.6 Å². The third-order valence-electron chi connectivity index (χ3n) is 4.74. The Hall–Kier alpha value is -1.92. The number of benzene rings is 2. The molecule has 2 aromatic rings. The van der Waals surface area contributed by atoms with Crippen LogP contribution in [0.25, 0.3) is 0 Å². The number of rotatable bonds is 6. The van der Waals surface area contributed by atoms with E-state index in [0.29, 0.717) is 18.6 Å². The molecule has 4 nitrogen and oxygen atoms in total. The van der Waals surface area contributed by atoms with E-state index < -0.39 is 21.9 Å². The van der Waals surface area contributed by atoms with Crippen LogP contribution in [0.4, 0.5) is 4.39 Å². The molecule has 25 heavy (non-hydrogen) atoms. The van der Waals surface area contributed by atoms with Crippen LogP contribution in [0.1, 0.15) is 29.7 Å². The second kappa shape index (κ2) is 7.14. The Balaban J connectivity index is 1.70. The fourth-order valence-corrected chi connectivity index (χ4v) is 4.41. The monoisotopic (exact) mass is 363 g/mol. The van der Waals surface area contributed by atoms with Gasteiger partial charge >= 0.3 is 0 Å². The zero-order valence-corrected chi connectivity index (χ0v) is 15.2. The highest BCUT2D eigenvalue weighted by molar-refractivity contribution is 7.89. The molecule has 0 N–H and O–H groups in total. The van der Waals surface area contributed by atoms with Gasteiger partial charge in [0.15, 0.2) is 0 Å². The summed E-state index contributed by atoms with van der Waals surface area (Å²) in [6.07, 6.45) is 1.28. The number of hydrogen-bond donors (Lipinski definition) is 0. The Kier molecular flexibility index (Phi) is 5.11. The van der Waals surface area contributed by atoms with Crippen molar-refractivity contribution in [1.29, 1.82) is 0 Å². The summed E-state index contributed by atoms with van der Waals surface area (Å²) < 4.78 is 45.9. The highest BCUT2D eigenvalue weighted by Crippen LogP contribution is 2.27. The molecule has 1 unspecified atom stereocenters. The van der Waals surface area contributed by atoms with Gasteiger partial charge in [0.05, 0.1) is 12.4 Å². The first-order valence-corrected chi connectivity index (χ1v) is 9.94. The predicted molar refractivity (Wildman–Crippen MR) is 95.7 cm³/mol. The highest BCUT2D eigenvalue weighted by atomic mass is 32.2. The van der Waals surface area contributed by atoms with E-state index in [4.69, 9.17) is 4.74 Å². The zero-order chi connectivity index (χ0) is 18.0. The molecule has 0 aliphatic carbocycles. The largest absolute Gasteiger partial charge is 0.493 e. The smallest absolute Gasteiger partial charge is 0.214 e. The van der Waals surface area contributed by atoms with E-state index in [1.165, 1.54) is 17.4 Å². The van der Waals surface area contributed by atoms with Crippen LogP contribution in [-0.4, -0.2) is 32.1 Å². The van der Waals surface area contributed by atoms with Crippen LogP contribution >= 0.6 is 0 Å². The molecule has 1 heterocycles. The SMILES string of the molecule is CC(c1ccccc1F)N(C)S(=O)(=O)CCc1ccc2c(c1)CCO2. The lowest BCUT2D eigenvalue weighted by molar-refractivity contribution is 0.357. The third-order valence-corrected chi connectivity index (χ3v) is 6.66. The summed E-state index contributed by atoms with van der Waals surface area (Å²) in [7, 11) is -2.00. The number of aryl methyl sites for hydroxylation is 1. The molecule has 134 valence electrons. The molecular weight excluding hydrogens is 341 g/mol. The van der Waals surface area contributed by atoms with E-state index in [9.17, 15) is 12.8 Å². The maximum atomic E-state index is 13.9. The van der Waals surface area contributed by atoms with Crippen molar-refractivity contribution in [3.63, 3.8) is 0 Å². The van der Waals surface area contributed by atoms with E-state index >= 15 is 0 Å². The van der Waals surface area contributed by atoms with Gasteiger partial charge in [0.25, 0.3) is 0 Å². The van der Waals surface area contributed by atoms with Crippen molar-refractivity contribution >= 4 is 10.0 Å². The van der Waals surface area contributed by atoms with Crippen molar-refractivity contribution in [1.82, 2.24) is 4.31 Å². The van der Waals surface area contributed by atoms with E-state index in [0.717, 1.165) is 23.3 Å². The van der Waals surface area contributed by atoms with Gasteiger partial charge in [0, 0.05) is 25.1 Å². The number of nitrogens with zero attached hydrogens (tertiary/aromatic N) is 1. The number of hydrogen-bond acceptors (Lipinski definition) is 3. The Bertz CT molecular complexity index is 867. The molecule has 1 aliphatic heterocycles. The van der Waals surface area contributed by atoms with Gasteiger partial charge < -0.3 is 4.74 Å². The van der Waals surface area contributed by atoms with Crippen molar-refractivity contribution in [3.05, 3.63) is 65.0 Å². The predicted octanol–water partition coefficient (Wildman–Crippen LogP) is 3.33. The molecule has 0 radical (unpaired) electrons. The second-order valence-corrected chi connectivity index (χ2v) is 8.47. The molecule has 0 saturated heterocycles. The first kappa shape index (κ1) is 17.9.